The van der Waals surface area contributed by atoms with Gasteiger partial charge in [-0.2, -0.15) is 0 Å². The second-order valence-corrected chi connectivity index (χ2v) is 12.6. The quantitative estimate of drug-likeness (QED) is 0.223. The fourth-order valence-electron chi connectivity index (χ4n) is 2.96. The number of amides is 2. The average Bonchev–Trinajstić information content (AvgIpc) is 2.67. The molecule has 5 N–H and O–H groups in total. The zero-order valence-corrected chi connectivity index (χ0v) is 20.6. The molecule has 2 unspecified atom stereocenters. The highest BCUT2D eigenvalue weighted by Gasteiger charge is 2.24. The summed E-state index contributed by atoms with van der Waals surface area (Å²) in [5.74, 6) is 0.354. The Bertz CT molecular complexity index is 669. The van der Waals surface area contributed by atoms with Crippen molar-refractivity contribution in [2.45, 2.75) is 59.8 Å². The number of aliphatic hydroxyl groups is 1. The first-order valence-electron chi connectivity index (χ1n) is 10.2. The maximum Gasteiger partial charge on any atom is 0.247 e. The van der Waals surface area contributed by atoms with Crippen LogP contribution in [-0.2, 0) is 31.2 Å². The highest BCUT2D eigenvalue weighted by atomic mass is 32.2. The maximum atomic E-state index is 12.3. The van der Waals surface area contributed by atoms with Crippen molar-refractivity contribution in [2.75, 3.05) is 23.0 Å². The van der Waals surface area contributed by atoms with Gasteiger partial charge in [-0.3, -0.25) is 18.0 Å². The van der Waals surface area contributed by atoms with Gasteiger partial charge in [0, 0.05) is 50.2 Å². The summed E-state index contributed by atoms with van der Waals surface area (Å²) in [6.45, 7) is 7.62. The van der Waals surface area contributed by atoms with Gasteiger partial charge in [0.05, 0.1) is 11.8 Å². The molecule has 0 bridgehead atoms. The number of carbonyl (C=O) groups is 2. The largest absolute Gasteiger partial charge is 0.878 e. The average molecular weight is 478 g/mol. The van der Waals surface area contributed by atoms with E-state index in [4.69, 9.17) is 16.6 Å². The van der Waals surface area contributed by atoms with Crippen molar-refractivity contribution in [3.05, 3.63) is 23.7 Å². The second-order valence-electron chi connectivity index (χ2n) is 9.26. The minimum Gasteiger partial charge on any atom is -0.878 e. The third-order valence-electron chi connectivity index (χ3n) is 5.03. The molecule has 0 heterocycles. The predicted octanol–water partition coefficient (Wildman–Crippen LogP) is 1.14. The summed E-state index contributed by atoms with van der Waals surface area (Å²) >= 11 is 0. The normalized spacial score (nSPS) is 15.5. The Morgan fingerprint density at radius 1 is 0.839 bits per heavy atom. The first-order chi connectivity index (χ1) is 14.2. The molecule has 0 aliphatic rings. The van der Waals surface area contributed by atoms with Gasteiger partial charge in [0.25, 0.3) is 0 Å². The Morgan fingerprint density at radius 3 is 1.55 bits per heavy atom. The second kappa shape index (κ2) is 13.7. The lowest BCUT2D eigenvalue weighted by atomic mass is 9.83. The fourth-order valence-corrected chi connectivity index (χ4v) is 6.04. The number of hydrogen-bond acceptors (Lipinski definition) is 6. The SMILES string of the molecule is CC(C)(CCS(=O)CCCS(=O)CCC(C)(C)C/C(=C/O)C(N)=O)C/C(=C/[O-])C(N)=O. The Labute approximate surface area is 190 Å². The molecular formula is C21H37N2O6S2-. The topological polar surface area (TPSA) is 164 Å². The van der Waals surface area contributed by atoms with Crippen LogP contribution < -0.4 is 16.6 Å². The van der Waals surface area contributed by atoms with Crippen LogP contribution in [0.25, 0.3) is 0 Å². The van der Waals surface area contributed by atoms with E-state index in [2.05, 4.69) is 0 Å². The monoisotopic (exact) mass is 477 g/mol. The lowest BCUT2D eigenvalue weighted by Crippen LogP contribution is -2.24. The van der Waals surface area contributed by atoms with Crippen molar-refractivity contribution in [1.82, 2.24) is 0 Å². The highest BCUT2D eigenvalue weighted by molar-refractivity contribution is 7.85. The molecule has 0 aromatic carbocycles. The number of aliphatic hydroxyl groups excluding tert-OH is 1. The smallest absolute Gasteiger partial charge is 0.247 e. The first-order valence-corrected chi connectivity index (χ1v) is 13.1. The Hall–Kier alpha value is -1.68. The predicted molar refractivity (Wildman–Crippen MR) is 124 cm³/mol. The summed E-state index contributed by atoms with van der Waals surface area (Å²) in [6.07, 6.45) is 3.48. The van der Waals surface area contributed by atoms with Crippen LogP contribution >= 0.6 is 0 Å². The van der Waals surface area contributed by atoms with E-state index in [0.29, 0.717) is 55.0 Å². The molecule has 0 radical (unpaired) electrons. The van der Waals surface area contributed by atoms with E-state index in [9.17, 15) is 23.1 Å². The number of rotatable bonds is 16. The number of primary amides is 2. The molecule has 31 heavy (non-hydrogen) atoms. The Balaban J connectivity index is 4.30. The maximum absolute atomic E-state index is 12.3. The molecule has 0 aromatic heterocycles. The van der Waals surface area contributed by atoms with Gasteiger partial charge in [-0.1, -0.05) is 27.7 Å². The third-order valence-corrected chi connectivity index (χ3v) is 7.83. The molecule has 10 heteroatoms. The first kappa shape index (κ1) is 29.3. The summed E-state index contributed by atoms with van der Waals surface area (Å²) in [4.78, 5) is 22.4. The van der Waals surface area contributed by atoms with Crippen molar-refractivity contribution in [1.29, 1.82) is 0 Å². The molecule has 2 amide bonds. The zero-order valence-electron chi connectivity index (χ0n) is 19.0. The van der Waals surface area contributed by atoms with Crippen LogP contribution in [0.2, 0.25) is 0 Å². The van der Waals surface area contributed by atoms with Gasteiger partial charge in [0.2, 0.25) is 11.8 Å². The van der Waals surface area contributed by atoms with Crippen molar-refractivity contribution in [3.8, 4) is 0 Å². The van der Waals surface area contributed by atoms with E-state index in [0.717, 1.165) is 6.26 Å². The Kier molecular flexibility index (Phi) is 12.9. The zero-order chi connectivity index (χ0) is 24.2. The van der Waals surface area contributed by atoms with Crippen molar-refractivity contribution in [3.63, 3.8) is 0 Å². The van der Waals surface area contributed by atoms with Crippen LogP contribution in [0.1, 0.15) is 59.8 Å². The lowest BCUT2D eigenvalue weighted by molar-refractivity contribution is -0.276. The third kappa shape index (κ3) is 13.4. The molecule has 2 atom stereocenters. The number of carbonyl (C=O) groups excluding carboxylic acids is 2. The van der Waals surface area contributed by atoms with Crippen LogP contribution in [0, 0.1) is 10.8 Å². The van der Waals surface area contributed by atoms with E-state index in [1.54, 1.807) is 0 Å². The Morgan fingerprint density at radius 2 is 1.23 bits per heavy atom. The van der Waals surface area contributed by atoms with Crippen molar-refractivity contribution < 1.29 is 28.2 Å². The van der Waals surface area contributed by atoms with Gasteiger partial charge >= 0.3 is 0 Å². The van der Waals surface area contributed by atoms with Gasteiger partial charge in [-0.15, -0.1) is 6.26 Å². The van der Waals surface area contributed by atoms with E-state index in [1.165, 1.54) is 0 Å². The number of hydrogen-bond donors (Lipinski definition) is 3. The standard InChI is InChI=1S/C21H38N2O6S2/c1-20(2,12-16(14-24)18(22)26)6-10-30(28)8-5-9-31(29)11-7-21(3,4)13-17(15-25)19(23)27/h14-15,24-25H,5-13H2,1-4H3,(H2,22,26)(H2,23,27)/p-1/b16-14-,17-15-. The van der Waals surface area contributed by atoms with Gasteiger partial charge < -0.3 is 21.7 Å². The molecule has 0 saturated carbocycles. The van der Waals surface area contributed by atoms with Crippen LogP contribution in [0.4, 0.5) is 0 Å². The summed E-state index contributed by atoms with van der Waals surface area (Å²) in [6, 6.07) is 0. The van der Waals surface area contributed by atoms with Crippen molar-refractivity contribution in [2.24, 2.45) is 22.3 Å². The molecule has 0 saturated heterocycles. The van der Waals surface area contributed by atoms with Crippen LogP contribution in [0.3, 0.4) is 0 Å². The van der Waals surface area contributed by atoms with E-state index in [-0.39, 0.29) is 28.4 Å². The van der Waals surface area contributed by atoms with Gasteiger partial charge in [-0.25, -0.2) is 0 Å². The minimum atomic E-state index is -1.08. The van der Waals surface area contributed by atoms with E-state index in [1.807, 2.05) is 27.7 Å². The molecule has 0 aliphatic heterocycles. The summed E-state index contributed by atoms with van der Waals surface area (Å²) < 4.78 is 24.5. The fraction of sp³-hybridized carbons (Fsp3) is 0.714. The molecule has 8 nitrogen and oxygen atoms in total. The van der Waals surface area contributed by atoms with Crippen molar-refractivity contribution >= 4 is 33.4 Å². The van der Waals surface area contributed by atoms with E-state index >= 15 is 0 Å². The molecule has 0 aliphatic carbocycles. The van der Waals surface area contributed by atoms with Crippen LogP contribution in [0.5, 0.6) is 0 Å². The summed E-state index contributed by atoms with van der Waals surface area (Å²) in [7, 11) is -2.15. The van der Waals surface area contributed by atoms with E-state index < -0.39 is 33.4 Å². The number of nitrogens with two attached hydrogens (primary N) is 2. The minimum absolute atomic E-state index is 0.0338. The van der Waals surface area contributed by atoms with Gasteiger partial charge in [-0.05, 0) is 42.9 Å². The molecule has 0 fully saturated rings. The van der Waals surface area contributed by atoms with Gasteiger partial charge in [0.15, 0.2) is 0 Å². The summed E-state index contributed by atoms with van der Waals surface area (Å²) in [5.41, 5.74) is 9.84. The van der Waals surface area contributed by atoms with Crippen LogP contribution in [0.15, 0.2) is 23.7 Å². The van der Waals surface area contributed by atoms with Gasteiger partial charge in [0.1, 0.15) is 0 Å². The molecule has 0 spiro atoms. The molecule has 0 rings (SSSR count). The highest BCUT2D eigenvalue weighted by Crippen LogP contribution is 2.30. The summed E-state index contributed by atoms with van der Waals surface area (Å²) in [5, 5.41) is 20.0. The molecule has 0 aromatic rings. The molecular weight excluding hydrogens is 440 g/mol. The van der Waals surface area contributed by atoms with Crippen LogP contribution in [-0.4, -0.2) is 48.4 Å². The molecule has 180 valence electrons. The lowest BCUT2D eigenvalue weighted by Gasteiger charge is -2.25.